The average molecular weight is 311 g/mol. The van der Waals surface area contributed by atoms with Gasteiger partial charge in [-0.15, -0.1) is 0 Å². The van der Waals surface area contributed by atoms with Crippen LogP contribution in [-0.2, 0) is 6.42 Å². The monoisotopic (exact) mass is 311 g/mol. The smallest absolute Gasteiger partial charge is 0.0558 e. The molecule has 0 radical (unpaired) electrons. The Morgan fingerprint density at radius 3 is 2.59 bits per heavy atom. The molecule has 0 atom stereocenters. The second kappa shape index (κ2) is 7.23. The maximum Gasteiger partial charge on any atom is 0.0558 e. The van der Waals surface area contributed by atoms with Gasteiger partial charge in [0.15, 0.2) is 0 Å². The van der Waals surface area contributed by atoms with Crippen LogP contribution < -0.4 is 5.32 Å². The van der Waals surface area contributed by atoms with E-state index in [0.29, 0.717) is 0 Å². The van der Waals surface area contributed by atoms with Crippen molar-refractivity contribution in [3.8, 4) is 0 Å². The van der Waals surface area contributed by atoms with Crippen LogP contribution in [0.2, 0.25) is 0 Å². The van der Waals surface area contributed by atoms with Gasteiger partial charge in [-0.2, -0.15) is 0 Å². The van der Waals surface area contributed by atoms with Crippen molar-refractivity contribution in [1.82, 2.24) is 0 Å². The number of para-hydroxylation sites is 2. The molecule has 0 unspecified atom stereocenters. The molecule has 2 aromatic rings. The number of unbranched alkanes of at least 4 members (excludes halogenated alkanes) is 2. The highest BCUT2D eigenvalue weighted by molar-refractivity contribution is 7.99. The molecule has 0 amide bonds. The number of anilines is 2. The van der Waals surface area contributed by atoms with E-state index in [1.807, 2.05) is 11.8 Å². The molecule has 1 aliphatic heterocycles. The van der Waals surface area contributed by atoms with E-state index in [2.05, 4.69) is 61.6 Å². The molecule has 1 N–H and O–H groups in total. The minimum atomic E-state index is 0.832. The highest BCUT2D eigenvalue weighted by Gasteiger charge is 2.17. The van der Waals surface area contributed by atoms with Gasteiger partial charge in [-0.3, -0.25) is 0 Å². The van der Waals surface area contributed by atoms with Gasteiger partial charge in [-0.1, -0.05) is 69.1 Å². The van der Waals surface area contributed by atoms with Crippen LogP contribution in [0.3, 0.4) is 0 Å². The first-order valence-corrected chi connectivity index (χ1v) is 9.21. The Kier molecular flexibility index (Phi) is 5.09. The topological polar surface area (TPSA) is 12.0 Å². The SMILES string of the molecule is CC(C)CCCCCc1cccc2c1Nc1ccccc1S2. The molecule has 0 saturated heterocycles. The van der Waals surface area contributed by atoms with Crippen LogP contribution in [0.1, 0.15) is 45.1 Å². The van der Waals surface area contributed by atoms with Crippen LogP contribution >= 0.6 is 11.8 Å². The second-order valence-corrected chi connectivity index (χ2v) is 7.59. The minimum absolute atomic E-state index is 0.832. The summed E-state index contributed by atoms with van der Waals surface area (Å²) in [6, 6.07) is 15.3. The fourth-order valence-electron chi connectivity index (χ4n) is 2.97. The van der Waals surface area contributed by atoms with Crippen molar-refractivity contribution in [1.29, 1.82) is 0 Å². The second-order valence-electron chi connectivity index (χ2n) is 6.51. The summed E-state index contributed by atoms with van der Waals surface area (Å²) in [4.78, 5) is 2.68. The lowest BCUT2D eigenvalue weighted by Crippen LogP contribution is -2.03. The Balaban J connectivity index is 1.65. The average Bonchev–Trinajstić information content (AvgIpc) is 2.52. The Bertz CT molecular complexity index is 633. The largest absolute Gasteiger partial charge is 0.353 e. The lowest BCUT2D eigenvalue weighted by molar-refractivity contribution is 0.527. The predicted octanol–water partition coefficient (Wildman–Crippen LogP) is 6.65. The molecule has 0 aromatic heterocycles. The number of aryl methyl sites for hydroxylation is 1. The molecule has 1 nitrogen and oxygen atoms in total. The van der Waals surface area contributed by atoms with Crippen LogP contribution in [0.4, 0.5) is 11.4 Å². The van der Waals surface area contributed by atoms with Gasteiger partial charge in [-0.25, -0.2) is 0 Å². The summed E-state index contributed by atoms with van der Waals surface area (Å²) < 4.78 is 0. The van der Waals surface area contributed by atoms with Crippen LogP contribution in [-0.4, -0.2) is 0 Å². The Morgan fingerprint density at radius 2 is 1.73 bits per heavy atom. The zero-order valence-electron chi connectivity index (χ0n) is 13.6. The van der Waals surface area contributed by atoms with E-state index >= 15 is 0 Å². The summed E-state index contributed by atoms with van der Waals surface area (Å²) in [6.07, 6.45) is 6.52. The summed E-state index contributed by atoms with van der Waals surface area (Å²) in [6.45, 7) is 4.62. The Labute approximate surface area is 138 Å². The molecule has 0 bridgehead atoms. The molecule has 3 rings (SSSR count). The first kappa shape index (κ1) is 15.5. The quantitative estimate of drug-likeness (QED) is 0.511. The summed E-state index contributed by atoms with van der Waals surface area (Å²) in [7, 11) is 0. The van der Waals surface area contributed by atoms with Gasteiger partial charge in [-0.05, 0) is 42.5 Å². The Morgan fingerprint density at radius 1 is 0.909 bits per heavy atom. The summed E-state index contributed by atoms with van der Waals surface area (Å²) in [5.41, 5.74) is 4.03. The summed E-state index contributed by atoms with van der Waals surface area (Å²) >= 11 is 1.88. The van der Waals surface area contributed by atoms with E-state index < -0.39 is 0 Å². The first-order chi connectivity index (χ1) is 10.7. The van der Waals surface area contributed by atoms with Gasteiger partial charge in [0, 0.05) is 9.79 Å². The number of hydrogen-bond acceptors (Lipinski definition) is 2. The van der Waals surface area contributed by atoms with E-state index in [-0.39, 0.29) is 0 Å². The Hall–Kier alpha value is -1.41. The van der Waals surface area contributed by atoms with Gasteiger partial charge in [0.25, 0.3) is 0 Å². The minimum Gasteiger partial charge on any atom is -0.353 e. The van der Waals surface area contributed by atoms with Crippen molar-refractivity contribution >= 4 is 23.1 Å². The third-order valence-corrected chi connectivity index (χ3v) is 5.34. The first-order valence-electron chi connectivity index (χ1n) is 8.40. The van der Waals surface area contributed by atoms with Crippen molar-refractivity contribution in [3.63, 3.8) is 0 Å². The normalized spacial score (nSPS) is 12.7. The third-order valence-electron chi connectivity index (χ3n) is 4.21. The molecule has 22 heavy (non-hydrogen) atoms. The van der Waals surface area contributed by atoms with Crippen LogP contribution in [0.25, 0.3) is 0 Å². The highest BCUT2D eigenvalue weighted by Crippen LogP contribution is 2.45. The number of fused-ring (bicyclic) bond motifs is 2. The zero-order chi connectivity index (χ0) is 15.4. The number of nitrogens with one attached hydrogen (secondary N) is 1. The molecule has 1 heterocycles. The van der Waals surface area contributed by atoms with E-state index in [4.69, 9.17) is 0 Å². The molecular formula is C20H25NS. The van der Waals surface area contributed by atoms with Crippen molar-refractivity contribution in [2.75, 3.05) is 5.32 Å². The van der Waals surface area contributed by atoms with E-state index in [1.54, 1.807) is 0 Å². The number of benzene rings is 2. The molecule has 116 valence electrons. The van der Waals surface area contributed by atoms with Gasteiger partial charge in [0.05, 0.1) is 11.4 Å². The van der Waals surface area contributed by atoms with E-state index in [0.717, 1.165) is 5.92 Å². The number of hydrogen-bond donors (Lipinski definition) is 1. The van der Waals surface area contributed by atoms with Crippen LogP contribution in [0.5, 0.6) is 0 Å². The van der Waals surface area contributed by atoms with Crippen molar-refractivity contribution in [3.05, 3.63) is 48.0 Å². The molecule has 1 aliphatic rings. The van der Waals surface area contributed by atoms with Crippen molar-refractivity contribution in [2.24, 2.45) is 5.92 Å². The molecule has 0 aliphatic carbocycles. The maximum absolute atomic E-state index is 3.65. The molecule has 2 aromatic carbocycles. The van der Waals surface area contributed by atoms with Crippen molar-refractivity contribution < 1.29 is 0 Å². The lowest BCUT2D eigenvalue weighted by Gasteiger charge is -2.23. The van der Waals surface area contributed by atoms with Gasteiger partial charge < -0.3 is 5.32 Å². The maximum atomic E-state index is 3.65. The van der Waals surface area contributed by atoms with Crippen molar-refractivity contribution in [2.45, 2.75) is 55.7 Å². The highest BCUT2D eigenvalue weighted by atomic mass is 32.2. The molecular weight excluding hydrogens is 286 g/mol. The van der Waals surface area contributed by atoms with Crippen LogP contribution in [0.15, 0.2) is 52.3 Å². The predicted molar refractivity (Wildman–Crippen MR) is 97.3 cm³/mol. The number of rotatable bonds is 6. The van der Waals surface area contributed by atoms with E-state index in [9.17, 15) is 0 Å². The van der Waals surface area contributed by atoms with Gasteiger partial charge >= 0.3 is 0 Å². The summed E-state index contributed by atoms with van der Waals surface area (Å²) in [5, 5.41) is 3.65. The van der Waals surface area contributed by atoms with Crippen LogP contribution in [0, 0.1) is 5.92 Å². The van der Waals surface area contributed by atoms with Gasteiger partial charge in [0.2, 0.25) is 0 Å². The fraction of sp³-hybridized carbons (Fsp3) is 0.400. The molecule has 0 fully saturated rings. The third kappa shape index (κ3) is 3.67. The zero-order valence-corrected chi connectivity index (χ0v) is 14.4. The molecule has 0 spiro atoms. The molecule has 0 saturated carbocycles. The molecule has 2 heteroatoms. The van der Waals surface area contributed by atoms with E-state index in [1.165, 1.54) is 58.8 Å². The summed E-state index contributed by atoms with van der Waals surface area (Å²) in [5.74, 6) is 0.832. The lowest BCUT2D eigenvalue weighted by atomic mass is 10.0. The standard InChI is InChI=1S/C20H25NS/c1-15(2)9-4-3-5-10-16-11-8-14-19-20(16)21-17-12-6-7-13-18(17)22-19/h6-8,11-15,21H,3-5,9-10H2,1-2H3. The van der Waals surface area contributed by atoms with Gasteiger partial charge in [0.1, 0.15) is 0 Å². The fourth-order valence-corrected chi connectivity index (χ4v) is 4.01.